The number of hydrogen-bond acceptors (Lipinski definition) is 5. The molecule has 13 heteroatoms. The van der Waals surface area contributed by atoms with E-state index in [0.717, 1.165) is 40.9 Å². The van der Waals surface area contributed by atoms with E-state index in [1.807, 2.05) is 41.5 Å². The summed E-state index contributed by atoms with van der Waals surface area (Å²) in [6, 6.07) is 12.4. The van der Waals surface area contributed by atoms with Crippen LogP contribution in [0.3, 0.4) is 0 Å². The number of anilines is 1. The Hall–Kier alpha value is 1.58. The molecule has 0 atom stereocenters. The van der Waals surface area contributed by atoms with Crippen LogP contribution in [-0.4, -0.2) is 24.0 Å². The van der Waals surface area contributed by atoms with Crippen LogP contribution in [0.1, 0.15) is 38.8 Å². The molecule has 0 amide bonds. The van der Waals surface area contributed by atoms with Crippen LogP contribution in [0.2, 0.25) is 0 Å². The second-order valence-corrected chi connectivity index (χ2v) is 7.50. The van der Waals surface area contributed by atoms with Gasteiger partial charge in [0.05, 0.1) is 6.21 Å². The Balaban J connectivity index is -0.000000105. The normalized spacial score (nSPS) is 8.97. The van der Waals surface area contributed by atoms with Crippen LogP contribution < -0.4 is 5.73 Å². The number of rotatable bonds is 8. The molecule has 0 unspecified atom stereocenters. The average Bonchev–Trinajstić information content (AvgIpc) is 2.81. The van der Waals surface area contributed by atoms with E-state index < -0.39 is 12.9 Å². The Morgan fingerprint density at radius 1 is 0.865 bits per heavy atom. The molecule has 3 nitrogen and oxygen atoms in total. The molecule has 0 aromatic heterocycles. The minimum Gasteiger partial charge on any atom is -0.420 e. The average molecular weight is 1050 g/mol. The number of carbonyl (C=O) groups excluding carboxylic acids is 1. The Bertz CT molecular complexity index is 841. The Morgan fingerprint density at radius 3 is 1.65 bits per heavy atom. The number of nitrogen functional groups attached to an aromatic ring is 1. The second kappa shape index (κ2) is 33.8. The number of thioether (sulfide) groups is 2. The number of halogens is 4. The number of hydrogen-bond donors (Lipinski definition) is 1. The summed E-state index contributed by atoms with van der Waals surface area (Å²) in [5.74, 6) is -0.643. The molecule has 0 saturated carbocycles. The predicted octanol–water partition coefficient (Wildman–Crippen LogP) is 8.16. The summed E-state index contributed by atoms with van der Waals surface area (Å²) in [5.41, 5.74) is 8.55. The maximum absolute atomic E-state index is 11.9. The number of aliphatic imine (C=N–C) groups is 1. The van der Waals surface area contributed by atoms with Crippen molar-refractivity contribution in [2.45, 2.75) is 51.3 Å². The van der Waals surface area contributed by atoms with Crippen molar-refractivity contribution in [2.75, 3.05) is 17.2 Å². The van der Waals surface area contributed by atoms with Gasteiger partial charge in [0.15, 0.2) is 6.29 Å². The minimum absolute atomic E-state index is 0. The van der Waals surface area contributed by atoms with Gasteiger partial charge in [0.2, 0.25) is 0 Å². The van der Waals surface area contributed by atoms with Crippen LogP contribution >= 0.6 is 23.5 Å². The van der Waals surface area contributed by atoms with Crippen LogP contribution in [0.5, 0.6) is 0 Å². The molecule has 204 valence electrons. The predicted molar refractivity (Wildman–Crippen MR) is 134 cm³/mol. The molecule has 2 rings (SSSR count). The van der Waals surface area contributed by atoms with E-state index in [1.54, 1.807) is 24.3 Å². The van der Waals surface area contributed by atoms with Gasteiger partial charge in [-0.2, -0.15) is 47.8 Å². The number of nitrogens with zero attached hydrogens (tertiary/aromatic N) is 1. The van der Waals surface area contributed by atoms with E-state index in [4.69, 9.17) is 5.73 Å². The summed E-state index contributed by atoms with van der Waals surface area (Å²) in [6.45, 7) is 11.7. The third-order valence-electron chi connectivity index (χ3n) is 3.22. The van der Waals surface area contributed by atoms with E-state index in [2.05, 4.69) is 17.1 Å². The summed E-state index contributed by atoms with van der Waals surface area (Å²) in [4.78, 5) is 15.2. The molecule has 0 spiro atoms. The minimum atomic E-state index is -1.63. The third-order valence-corrected chi connectivity index (χ3v) is 5.04. The first-order chi connectivity index (χ1) is 15.7. The van der Waals surface area contributed by atoms with Gasteiger partial charge >= 0.3 is 0 Å². The fourth-order valence-electron chi connectivity index (χ4n) is 1.77. The summed E-state index contributed by atoms with van der Waals surface area (Å²) in [5, 5.41) is 0. The van der Waals surface area contributed by atoms with E-state index in [1.165, 1.54) is 0 Å². The number of benzene rings is 2. The molecule has 0 bridgehead atoms. The van der Waals surface area contributed by atoms with Crippen LogP contribution in [0.4, 0.5) is 28.9 Å². The first-order valence-corrected chi connectivity index (χ1v) is 12.1. The SMILES string of the molecule is CC.CC.Cc1c[c-]c(SC[C-](F)F)cc1N.Cc1c[c-]c(SC[C-](F)F)cc1N=CC=O.[W].[W].[Y].[Y]. The van der Waals surface area contributed by atoms with Crippen molar-refractivity contribution in [1.29, 1.82) is 0 Å². The van der Waals surface area contributed by atoms with Crippen molar-refractivity contribution < 1.29 is 130 Å². The quantitative estimate of drug-likeness (QED) is 0.0725. The van der Waals surface area contributed by atoms with Crippen LogP contribution in [0.15, 0.2) is 39.0 Å². The molecule has 0 aliphatic carbocycles. The van der Waals surface area contributed by atoms with Gasteiger partial charge in [-0.25, -0.2) is 0 Å². The van der Waals surface area contributed by atoms with Gasteiger partial charge in [0.1, 0.15) is 0 Å². The second-order valence-electron chi connectivity index (χ2n) is 5.47. The molecule has 2 radical (unpaired) electrons. The Kier molecular flexibility index (Phi) is 46.9. The summed E-state index contributed by atoms with van der Waals surface area (Å²) in [6.07, 6.45) is -1.52. The summed E-state index contributed by atoms with van der Waals surface area (Å²) in [7, 11) is 0. The smallest absolute Gasteiger partial charge is 0.160 e. The Morgan fingerprint density at radius 2 is 1.27 bits per heavy atom. The fraction of sp³-hybridized carbons (Fsp3) is 0.333. The zero-order chi connectivity index (χ0) is 25.8. The van der Waals surface area contributed by atoms with Crippen LogP contribution in [-0.2, 0) is 112 Å². The molecule has 0 aliphatic rings. The zero-order valence-electron chi connectivity index (χ0n) is 21.6. The summed E-state index contributed by atoms with van der Waals surface area (Å²) >= 11 is 2.01. The summed E-state index contributed by atoms with van der Waals surface area (Å²) < 4.78 is 47.3. The van der Waals surface area contributed by atoms with Crippen molar-refractivity contribution in [1.82, 2.24) is 0 Å². The number of aryl methyl sites for hydroxylation is 2. The van der Waals surface area contributed by atoms with Gasteiger partial charge < -0.3 is 23.3 Å². The number of carbonyl (C=O) groups is 1. The largest absolute Gasteiger partial charge is 0.420 e. The molecule has 2 aromatic rings. The monoisotopic (exact) mass is 1050 g/mol. The van der Waals surface area contributed by atoms with Crippen molar-refractivity contribution in [2.24, 2.45) is 4.99 Å². The maximum atomic E-state index is 11.9. The van der Waals surface area contributed by atoms with Crippen molar-refractivity contribution >= 4 is 47.4 Å². The van der Waals surface area contributed by atoms with Crippen molar-refractivity contribution in [3.8, 4) is 0 Å². The van der Waals surface area contributed by atoms with Crippen molar-refractivity contribution in [3.63, 3.8) is 0 Å². The molecular weight excluding hydrogens is 1020 g/mol. The standard InChI is InChI=1S/C11H9F2NOS.C9H9F2NS.2C2H6.2W.2Y/c1-8-2-3-9(16-7-11(12)13)6-10(8)14-4-5-15;1-6-2-3-7(4-8(6)12)13-5-9(10)11;2*1-2;;;;/h2,4-6H,7H2,1H3;2,4H,5,12H2,1H3;2*1-2H3;;;;/q2*-2;;;;;;. The molecule has 0 saturated heterocycles. The fourth-order valence-corrected chi connectivity index (χ4v) is 2.99. The van der Waals surface area contributed by atoms with Gasteiger partial charge in [-0.1, -0.05) is 58.7 Å². The van der Waals surface area contributed by atoms with Gasteiger partial charge in [-0.15, -0.1) is 33.1 Å². The van der Waals surface area contributed by atoms with E-state index in [9.17, 15) is 22.4 Å². The Labute approximate surface area is 307 Å². The third kappa shape index (κ3) is 27.5. The molecule has 37 heavy (non-hydrogen) atoms. The van der Waals surface area contributed by atoms with Gasteiger partial charge in [-0.05, 0) is 5.69 Å². The van der Waals surface area contributed by atoms with Gasteiger partial charge in [0.25, 0.3) is 0 Å². The zero-order valence-corrected chi connectivity index (χ0v) is 34.8. The molecule has 0 aliphatic heterocycles. The molecule has 0 heterocycles. The number of aldehydes is 1. The van der Waals surface area contributed by atoms with E-state index in [-0.39, 0.29) is 119 Å². The van der Waals surface area contributed by atoms with Crippen LogP contribution in [0.25, 0.3) is 0 Å². The molecular formula is C24H30F4N2OS2W2Y2-4. The molecule has 0 fully saturated rings. The van der Waals surface area contributed by atoms with Gasteiger partial charge in [-0.3, -0.25) is 9.79 Å². The van der Waals surface area contributed by atoms with Gasteiger partial charge in [0, 0.05) is 120 Å². The molecule has 2 N–H and O–H groups in total. The van der Waals surface area contributed by atoms with E-state index >= 15 is 0 Å². The van der Waals surface area contributed by atoms with E-state index in [0.29, 0.717) is 27.5 Å². The van der Waals surface area contributed by atoms with Crippen molar-refractivity contribution in [3.05, 3.63) is 60.4 Å². The van der Waals surface area contributed by atoms with Crippen LogP contribution in [0, 0.1) is 38.8 Å². The maximum Gasteiger partial charge on any atom is 0.160 e. The topological polar surface area (TPSA) is 55.4 Å². The molecule has 2 aromatic carbocycles. The first kappa shape index (κ1) is 51.3. The first-order valence-electron chi connectivity index (χ1n) is 10.1. The number of nitrogens with two attached hydrogens (primary N) is 1.